The van der Waals surface area contributed by atoms with Crippen molar-refractivity contribution in [1.82, 2.24) is 20.2 Å². The molecule has 1 aliphatic heterocycles. The number of pyridine rings is 1. The molecule has 6 rings (SSSR count). The van der Waals surface area contributed by atoms with Gasteiger partial charge in [-0.25, -0.2) is 4.39 Å². The van der Waals surface area contributed by atoms with E-state index in [1.807, 2.05) is 34.9 Å². The topological polar surface area (TPSA) is 105 Å². The van der Waals surface area contributed by atoms with Crippen molar-refractivity contribution in [1.29, 1.82) is 0 Å². The monoisotopic (exact) mass is 521 g/mol. The van der Waals surface area contributed by atoms with Gasteiger partial charge in [0, 0.05) is 53.2 Å². The van der Waals surface area contributed by atoms with Crippen LogP contribution in [0.25, 0.3) is 21.8 Å². The third kappa shape index (κ3) is 4.94. The minimum atomic E-state index is -0.330. The fraction of sp³-hybridized carbons (Fsp3) is 0.133. The maximum absolute atomic E-state index is 13.1. The van der Waals surface area contributed by atoms with Gasteiger partial charge >= 0.3 is 0 Å². The number of hydrogen-bond donors (Lipinski definition) is 3. The molecule has 1 unspecified atom stereocenters. The van der Waals surface area contributed by atoms with Gasteiger partial charge in [-0.3, -0.25) is 19.4 Å². The van der Waals surface area contributed by atoms with Crippen LogP contribution in [0.1, 0.15) is 38.9 Å². The third-order valence-electron chi connectivity index (χ3n) is 6.88. The minimum absolute atomic E-state index is 0.160. The highest BCUT2D eigenvalue weighted by molar-refractivity contribution is 6.07. The van der Waals surface area contributed by atoms with Crippen molar-refractivity contribution in [2.75, 3.05) is 11.9 Å². The highest BCUT2D eigenvalue weighted by Crippen LogP contribution is 2.30. The van der Waals surface area contributed by atoms with E-state index < -0.39 is 0 Å². The number of benzene rings is 3. The predicted octanol–water partition coefficient (Wildman–Crippen LogP) is 4.57. The molecular formula is C30H24FN5O3. The molecule has 0 saturated carbocycles. The van der Waals surface area contributed by atoms with Crippen molar-refractivity contribution in [2.24, 2.45) is 0 Å². The molecule has 2 aromatic heterocycles. The second kappa shape index (κ2) is 10.0. The van der Waals surface area contributed by atoms with E-state index >= 15 is 0 Å². The Labute approximate surface area is 222 Å². The Bertz CT molecular complexity index is 1750. The maximum atomic E-state index is 13.1. The normalized spacial score (nSPS) is 14.6. The van der Waals surface area contributed by atoms with Gasteiger partial charge in [0.2, 0.25) is 5.91 Å². The molecule has 3 N–H and O–H groups in total. The molecule has 9 heteroatoms. The van der Waals surface area contributed by atoms with Crippen LogP contribution in [0.3, 0.4) is 0 Å². The molecule has 1 aliphatic rings. The first-order valence-electron chi connectivity index (χ1n) is 12.5. The van der Waals surface area contributed by atoms with E-state index in [1.54, 1.807) is 42.6 Å². The number of halogens is 1. The molecule has 39 heavy (non-hydrogen) atoms. The summed E-state index contributed by atoms with van der Waals surface area (Å²) in [6, 6.07) is 22.0. The van der Waals surface area contributed by atoms with Crippen LogP contribution in [0, 0.1) is 5.82 Å². The van der Waals surface area contributed by atoms with Crippen LogP contribution in [0.5, 0.6) is 0 Å². The number of aromatic nitrogens is 2. The smallest absolute Gasteiger partial charge is 0.268 e. The molecule has 3 amide bonds. The van der Waals surface area contributed by atoms with Crippen LogP contribution in [0.4, 0.5) is 10.1 Å². The highest BCUT2D eigenvalue weighted by Gasteiger charge is 2.28. The second-order valence-electron chi connectivity index (χ2n) is 9.51. The number of nitrogens with one attached hydrogen (secondary N) is 3. The number of rotatable bonds is 6. The largest absolute Gasteiger partial charge is 0.352 e. The zero-order chi connectivity index (χ0) is 26.9. The van der Waals surface area contributed by atoms with Gasteiger partial charge in [-0.15, -0.1) is 0 Å². The summed E-state index contributed by atoms with van der Waals surface area (Å²) in [5.41, 5.74) is 3.97. The van der Waals surface area contributed by atoms with E-state index in [-0.39, 0.29) is 42.5 Å². The molecule has 0 fully saturated rings. The lowest BCUT2D eigenvalue weighted by Gasteiger charge is -2.27. The van der Waals surface area contributed by atoms with Gasteiger partial charge in [0.15, 0.2) is 0 Å². The standard InChI is InChI=1S/C30H24FN5O3/c31-22-6-3-18(4-7-22)16-33-28(37)15-24-17-34-30(39)27-14-21-13-23(8-10-26(21)36(24)27)35-29(38)20-5-9-25-19(12-20)2-1-11-32-25/h1-14,24H,15-17H2,(H,33,37)(H,34,39)(H,35,38). The number of nitrogens with zero attached hydrogens (tertiary/aromatic N) is 2. The van der Waals surface area contributed by atoms with Crippen LogP contribution in [0.15, 0.2) is 85.1 Å². The Balaban J connectivity index is 1.20. The molecule has 0 spiro atoms. The maximum Gasteiger partial charge on any atom is 0.268 e. The summed E-state index contributed by atoms with van der Waals surface area (Å²) in [6.45, 7) is 0.600. The Kier molecular flexibility index (Phi) is 6.24. The molecule has 1 atom stereocenters. The molecule has 3 heterocycles. The molecule has 3 aromatic carbocycles. The summed E-state index contributed by atoms with van der Waals surface area (Å²) >= 11 is 0. The highest BCUT2D eigenvalue weighted by atomic mass is 19.1. The van der Waals surface area contributed by atoms with E-state index in [0.717, 1.165) is 27.4 Å². The number of amides is 3. The van der Waals surface area contributed by atoms with E-state index in [9.17, 15) is 18.8 Å². The number of hydrogen-bond acceptors (Lipinski definition) is 4. The van der Waals surface area contributed by atoms with Crippen molar-refractivity contribution >= 4 is 45.2 Å². The van der Waals surface area contributed by atoms with E-state index in [2.05, 4.69) is 20.9 Å². The van der Waals surface area contributed by atoms with Crippen molar-refractivity contribution in [3.8, 4) is 0 Å². The molecule has 8 nitrogen and oxygen atoms in total. The number of carbonyl (C=O) groups is 3. The van der Waals surface area contributed by atoms with Crippen molar-refractivity contribution in [3.63, 3.8) is 0 Å². The molecule has 0 aliphatic carbocycles. The van der Waals surface area contributed by atoms with Crippen LogP contribution in [-0.4, -0.2) is 33.8 Å². The zero-order valence-corrected chi connectivity index (χ0v) is 20.8. The minimum Gasteiger partial charge on any atom is -0.352 e. The lowest BCUT2D eigenvalue weighted by atomic mass is 10.1. The third-order valence-corrected chi connectivity index (χ3v) is 6.88. The fourth-order valence-corrected chi connectivity index (χ4v) is 4.95. The summed E-state index contributed by atoms with van der Waals surface area (Å²) in [6.07, 6.45) is 1.87. The molecule has 194 valence electrons. The van der Waals surface area contributed by atoms with Crippen LogP contribution >= 0.6 is 0 Å². The summed E-state index contributed by atoms with van der Waals surface area (Å²) in [4.78, 5) is 42.6. The van der Waals surface area contributed by atoms with Crippen molar-refractivity contribution in [3.05, 3.63) is 108 Å². The lowest BCUT2D eigenvalue weighted by Crippen LogP contribution is -2.40. The van der Waals surface area contributed by atoms with Crippen molar-refractivity contribution < 1.29 is 18.8 Å². The molecule has 0 bridgehead atoms. The summed E-state index contributed by atoms with van der Waals surface area (Å²) in [5.74, 6) is -0.978. The van der Waals surface area contributed by atoms with E-state index in [1.165, 1.54) is 12.1 Å². The van der Waals surface area contributed by atoms with Crippen LogP contribution in [-0.2, 0) is 11.3 Å². The fourth-order valence-electron chi connectivity index (χ4n) is 4.95. The molecule has 0 saturated heterocycles. The molecule has 0 radical (unpaired) electrons. The Morgan fingerprint density at radius 2 is 1.85 bits per heavy atom. The van der Waals surface area contributed by atoms with Crippen molar-refractivity contribution in [2.45, 2.75) is 19.0 Å². The average molecular weight is 522 g/mol. The Morgan fingerprint density at radius 3 is 2.69 bits per heavy atom. The molecule has 5 aromatic rings. The first-order valence-corrected chi connectivity index (χ1v) is 12.5. The summed E-state index contributed by atoms with van der Waals surface area (Å²) < 4.78 is 15.0. The van der Waals surface area contributed by atoms with Gasteiger partial charge < -0.3 is 20.5 Å². The Hall–Kier alpha value is -5.05. The predicted molar refractivity (Wildman–Crippen MR) is 146 cm³/mol. The van der Waals surface area contributed by atoms with Crippen LogP contribution < -0.4 is 16.0 Å². The van der Waals surface area contributed by atoms with Crippen LogP contribution in [0.2, 0.25) is 0 Å². The summed E-state index contributed by atoms with van der Waals surface area (Å²) in [5, 5.41) is 10.3. The van der Waals surface area contributed by atoms with Gasteiger partial charge in [-0.05, 0) is 66.2 Å². The van der Waals surface area contributed by atoms with Gasteiger partial charge in [0.25, 0.3) is 11.8 Å². The number of anilines is 1. The average Bonchev–Trinajstić information content (AvgIpc) is 3.34. The van der Waals surface area contributed by atoms with E-state index in [0.29, 0.717) is 23.5 Å². The first-order chi connectivity index (χ1) is 18.9. The van der Waals surface area contributed by atoms with Gasteiger partial charge in [-0.2, -0.15) is 0 Å². The van der Waals surface area contributed by atoms with Gasteiger partial charge in [0.1, 0.15) is 11.5 Å². The van der Waals surface area contributed by atoms with E-state index in [4.69, 9.17) is 0 Å². The first kappa shape index (κ1) is 24.3. The zero-order valence-electron chi connectivity index (χ0n) is 20.8. The SMILES string of the molecule is O=C(CC1CNC(=O)c2cc3cc(NC(=O)c4ccc5ncccc5c4)ccc3n21)NCc1ccc(F)cc1. The molecular weight excluding hydrogens is 497 g/mol. The quantitative estimate of drug-likeness (QED) is 0.304. The number of fused-ring (bicyclic) bond motifs is 4. The second-order valence-corrected chi connectivity index (χ2v) is 9.51. The number of carbonyl (C=O) groups excluding carboxylic acids is 3. The summed E-state index contributed by atoms with van der Waals surface area (Å²) in [7, 11) is 0. The van der Waals surface area contributed by atoms with Gasteiger partial charge in [-0.1, -0.05) is 18.2 Å². The lowest BCUT2D eigenvalue weighted by molar-refractivity contribution is -0.122. The van der Waals surface area contributed by atoms with Gasteiger partial charge in [0.05, 0.1) is 11.6 Å². The Morgan fingerprint density at radius 1 is 1.00 bits per heavy atom.